The Balaban J connectivity index is 1.29. The van der Waals surface area contributed by atoms with Gasteiger partial charge in [0.05, 0.1) is 5.56 Å². The highest BCUT2D eigenvalue weighted by atomic mass is 16.3. The topological polar surface area (TPSA) is 117 Å². The first-order valence-electron chi connectivity index (χ1n) is 16.8. The van der Waals surface area contributed by atoms with Gasteiger partial charge in [-0.15, -0.1) is 0 Å². The van der Waals surface area contributed by atoms with E-state index < -0.39 is 12.1 Å². The van der Waals surface area contributed by atoms with Crippen molar-refractivity contribution < 1.29 is 19.5 Å². The highest BCUT2D eigenvalue weighted by Gasteiger charge is 2.36. The number of nitrogens with zero attached hydrogens (tertiary/aromatic N) is 3. The quantitative estimate of drug-likeness (QED) is 0.201. The Hall–Kier alpha value is -5.36. The van der Waals surface area contributed by atoms with Crippen molar-refractivity contribution in [3.05, 3.63) is 101 Å². The van der Waals surface area contributed by atoms with Gasteiger partial charge in [0.25, 0.3) is 0 Å². The molecule has 0 saturated carbocycles. The summed E-state index contributed by atoms with van der Waals surface area (Å²) in [7, 11) is 1.81. The van der Waals surface area contributed by atoms with Crippen molar-refractivity contribution in [2.24, 2.45) is 12.5 Å². The summed E-state index contributed by atoms with van der Waals surface area (Å²) in [6.45, 7) is 8.36. The van der Waals surface area contributed by atoms with Gasteiger partial charge in [-0.25, -0.2) is 0 Å². The minimum Gasteiger partial charge on any atom is -0.507 e. The van der Waals surface area contributed by atoms with Crippen molar-refractivity contribution in [1.29, 1.82) is 0 Å². The van der Waals surface area contributed by atoms with Crippen molar-refractivity contribution in [3.8, 4) is 28.8 Å². The van der Waals surface area contributed by atoms with Crippen LogP contribution in [0.4, 0.5) is 5.69 Å². The maximum absolute atomic E-state index is 14.1. The molecule has 254 valence electrons. The smallest absolute Gasteiger partial charge is 0.247 e. The third kappa shape index (κ3) is 9.38. The van der Waals surface area contributed by atoms with Crippen LogP contribution in [-0.2, 0) is 27.9 Å². The Morgan fingerprint density at radius 3 is 2.45 bits per heavy atom. The van der Waals surface area contributed by atoms with E-state index in [0.29, 0.717) is 41.9 Å². The maximum Gasteiger partial charge on any atom is 0.247 e. The number of phenolic OH excluding ortho intramolecular Hbond substituents is 1. The molecule has 1 aromatic heterocycles. The van der Waals surface area contributed by atoms with E-state index in [1.807, 2.05) is 95.5 Å². The van der Waals surface area contributed by atoms with Crippen molar-refractivity contribution in [2.75, 3.05) is 11.9 Å². The lowest BCUT2D eigenvalue weighted by Gasteiger charge is -2.37. The molecule has 9 heteroatoms. The molecule has 1 aliphatic rings. The molecule has 1 unspecified atom stereocenters. The number of aromatic hydroxyl groups is 1. The van der Waals surface area contributed by atoms with Gasteiger partial charge in [-0.3, -0.25) is 19.1 Å². The SMILES string of the molecule is Cc1ccc(O)c(-c2nn(C)cc2C#Cc2ccc(NC(=O)C3CCCCN3C(=O)[C@H](Cc3ccccc3)NC(=O)CC(C)(C)C)cc2)c1. The van der Waals surface area contributed by atoms with Gasteiger partial charge in [0.1, 0.15) is 23.5 Å². The standard InChI is InChI=1S/C40H45N5O4/c1-27-14-21-35(46)32(23-27)37-30(26-44(5)43-37)18-15-28-16-19-31(20-17-28)41-38(48)34-13-9-10-22-45(34)39(49)33(24-29-11-7-6-8-12-29)42-36(47)25-40(2,3)4/h6-8,11-12,14,16-17,19-21,23,26,33-34,46H,9-10,13,22,24-25H2,1-5H3,(H,41,48)(H,42,47)/t33-,34?/m0/s1. The average Bonchev–Trinajstić information content (AvgIpc) is 3.44. The summed E-state index contributed by atoms with van der Waals surface area (Å²) in [4.78, 5) is 42.3. The predicted molar refractivity (Wildman–Crippen MR) is 192 cm³/mol. The van der Waals surface area contributed by atoms with Crippen LogP contribution in [0.3, 0.4) is 0 Å². The Kier molecular flexibility index (Phi) is 10.9. The third-order valence-corrected chi connectivity index (χ3v) is 8.43. The molecule has 5 rings (SSSR count). The van der Waals surface area contributed by atoms with Crippen LogP contribution in [0, 0.1) is 24.2 Å². The molecule has 2 atom stereocenters. The van der Waals surface area contributed by atoms with Crippen molar-refractivity contribution in [1.82, 2.24) is 20.0 Å². The number of aryl methyl sites for hydroxylation is 2. The summed E-state index contributed by atoms with van der Waals surface area (Å²) in [5, 5.41) is 20.9. The Bertz CT molecular complexity index is 1860. The van der Waals surface area contributed by atoms with Gasteiger partial charge in [-0.1, -0.05) is 74.6 Å². The molecule has 1 aliphatic heterocycles. The zero-order valence-corrected chi connectivity index (χ0v) is 28.9. The van der Waals surface area contributed by atoms with E-state index in [1.54, 1.807) is 27.8 Å². The molecule has 0 aliphatic carbocycles. The van der Waals surface area contributed by atoms with Crippen molar-refractivity contribution in [3.63, 3.8) is 0 Å². The second-order valence-corrected chi connectivity index (χ2v) is 14.0. The van der Waals surface area contributed by atoms with Crippen LogP contribution in [-0.4, -0.2) is 56.1 Å². The molecule has 3 aromatic carbocycles. The minimum absolute atomic E-state index is 0.141. The summed E-state index contributed by atoms with van der Waals surface area (Å²) in [5.41, 5.74) is 4.96. The number of piperidine rings is 1. The lowest BCUT2D eigenvalue weighted by Crippen LogP contribution is -2.57. The summed E-state index contributed by atoms with van der Waals surface area (Å²) in [6, 6.07) is 20.8. The molecule has 3 amide bonds. The van der Waals surface area contributed by atoms with E-state index in [4.69, 9.17) is 0 Å². The first kappa shape index (κ1) is 35.0. The fourth-order valence-corrected chi connectivity index (χ4v) is 6.07. The number of nitrogens with one attached hydrogen (secondary N) is 2. The molecule has 3 N–H and O–H groups in total. The van der Waals surface area contributed by atoms with Crippen LogP contribution in [0.25, 0.3) is 11.3 Å². The normalized spacial score (nSPS) is 15.1. The monoisotopic (exact) mass is 659 g/mol. The molecule has 1 saturated heterocycles. The van der Waals surface area contributed by atoms with Crippen LogP contribution in [0.15, 0.2) is 79.0 Å². The van der Waals surface area contributed by atoms with Crippen LogP contribution in [0.2, 0.25) is 0 Å². The molecule has 0 spiro atoms. The van der Waals surface area contributed by atoms with Gasteiger partial charge in [-0.2, -0.15) is 5.10 Å². The van der Waals surface area contributed by atoms with Crippen LogP contribution in [0.5, 0.6) is 5.75 Å². The summed E-state index contributed by atoms with van der Waals surface area (Å²) in [5.74, 6) is 5.79. The number of benzene rings is 3. The minimum atomic E-state index is -0.779. The van der Waals surface area contributed by atoms with Gasteiger partial charge >= 0.3 is 0 Å². The number of rotatable bonds is 8. The lowest BCUT2D eigenvalue weighted by molar-refractivity contribution is -0.143. The van der Waals surface area contributed by atoms with E-state index in [9.17, 15) is 19.5 Å². The Labute approximate surface area is 288 Å². The van der Waals surface area contributed by atoms with Gasteiger partial charge < -0.3 is 20.6 Å². The number of carbonyl (C=O) groups is 3. The maximum atomic E-state index is 14.1. The number of carbonyl (C=O) groups excluding carboxylic acids is 3. The second-order valence-electron chi connectivity index (χ2n) is 14.0. The van der Waals surface area contributed by atoms with Crippen molar-refractivity contribution in [2.45, 2.75) is 71.9 Å². The van der Waals surface area contributed by atoms with Gasteiger partial charge in [0.15, 0.2) is 0 Å². The summed E-state index contributed by atoms with van der Waals surface area (Å²) < 4.78 is 1.67. The number of aromatic nitrogens is 2. The second kappa shape index (κ2) is 15.2. The predicted octanol–water partition coefficient (Wildman–Crippen LogP) is 5.98. The van der Waals surface area contributed by atoms with E-state index in [1.165, 1.54) is 0 Å². The molecule has 1 fully saturated rings. The number of likely N-dealkylation sites (tertiary alicyclic amines) is 1. The molecule has 49 heavy (non-hydrogen) atoms. The van der Waals surface area contributed by atoms with Crippen molar-refractivity contribution >= 4 is 23.4 Å². The van der Waals surface area contributed by atoms with Gasteiger partial charge in [0.2, 0.25) is 17.7 Å². The fourth-order valence-electron chi connectivity index (χ4n) is 6.07. The van der Waals surface area contributed by atoms with Crippen LogP contribution < -0.4 is 10.6 Å². The van der Waals surface area contributed by atoms with E-state index in [-0.39, 0.29) is 35.3 Å². The zero-order chi connectivity index (χ0) is 35.1. The molecule has 0 radical (unpaired) electrons. The van der Waals surface area contributed by atoms with Gasteiger partial charge in [0, 0.05) is 49.4 Å². The Morgan fingerprint density at radius 1 is 1.00 bits per heavy atom. The number of hydrogen-bond donors (Lipinski definition) is 3. The Morgan fingerprint density at radius 2 is 1.73 bits per heavy atom. The highest BCUT2D eigenvalue weighted by Crippen LogP contribution is 2.31. The lowest BCUT2D eigenvalue weighted by atomic mass is 9.91. The first-order chi connectivity index (χ1) is 23.4. The molecular formula is C40H45N5O4. The number of phenols is 1. The zero-order valence-electron chi connectivity index (χ0n) is 28.9. The summed E-state index contributed by atoms with van der Waals surface area (Å²) >= 11 is 0. The number of amides is 3. The van der Waals surface area contributed by atoms with E-state index >= 15 is 0 Å². The molecular weight excluding hydrogens is 614 g/mol. The van der Waals surface area contributed by atoms with E-state index in [2.05, 4.69) is 27.6 Å². The molecule has 0 bridgehead atoms. The van der Waals surface area contributed by atoms with Crippen LogP contribution >= 0.6 is 0 Å². The number of hydrogen-bond acceptors (Lipinski definition) is 5. The fraction of sp³-hybridized carbons (Fsp3) is 0.350. The third-order valence-electron chi connectivity index (χ3n) is 8.43. The van der Waals surface area contributed by atoms with Gasteiger partial charge in [-0.05, 0) is 73.6 Å². The van der Waals surface area contributed by atoms with E-state index in [0.717, 1.165) is 29.5 Å². The van der Waals surface area contributed by atoms with Crippen LogP contribution in [0.1, 0.15) is 68.7 Å². The largest absolute Gasteiger partial charge is 0.507 e. The molecule has 2 heterocycles. The number of anilines is 1. The first-order valence-corrected chi connectivity index (χ1v) is 16.8. The summed E-state index contributed by atoms with van der Waals surface area (Å²) in [6.07, 6.45) is 4.60. The molecule has 4 aromatic rings. The molecule has 9 nitrogen and oxygen atoms in total. The average molecular weight is 660 g/mol. The highest BCUT2D eigenvalue weighted by molar-refractivity contribution is 5.98.